The molecule has 0 saturated heterocycles. The highest BCUT2D eigenvalue weighted by Gasteiger charge is 2.14. The zero-order valence-electron chi connectivity index (χ0n) is 12.0. The predicted octanol–water partition coefficient (Wildman–Crippen LogP) is 3.12. The van der Waals surface area contributed by atoms with Gasteiger partial charge in [0.25, 0.3) is 0 Å². The third-order valence-electron chi connectivity index (χ3n) is 2.73. The fourth-order valence-electron chi connectivity index (χ4n) is 1.66. The SMILES string of the molecule is Cl.Cl.NCCCCC[C@H](N)C(=O)OCc1cc(Cl)nc(Cl)c1. The highest BCUT2D eigenvalue weighted by atomic mass is 35.5. The van der Waals surface area contributed by atoms with Gasteiger partial charge in [-0.05, 0) is 37.1 Å². The molecule has 1 aromatic rings. The zero-order valence-corrected chi connectivity index (χ0v) is 15.1. The van der Waals surface area contributed by atoms with Gasteiger partial charge >= 0.3 is 5.97 Å². The number of halogens is 4. The maximum atomic E-state index is 11.7. The third-order valence-corrected chi connectivity index (χ3v) is 3.11. The molecule has 9 heteroatoms. The standard InChI is InChI=1S/C13H19Cl2N3O2.2ClH/c14-11-6-9(7-12(15)18-11)8-20-13(19)10(17)4-2-1-3-5-16;;/h6-7,10H,1-5,8,16-17H2;2*1H/t10-;;/m0../s1. The van der Waals surface area contributed by atoms with Crippen LogP contribution in [0.5, 0.6) is 0 Å². The van der Waals surface area contributed by atoms with Gasteiger partial charge in [0.05, 0.1) is 0 Å². The molecule has 0 bridgehead atoms. The van der Waals surface area contributed by atoms with Crippen LogP contribution in [0, 0.1) is 0 Å². The Labute approximate surface area is 152 Å². The Balaban J connectivity index is 0. The van der Waals surface area contributed by atoms with E-state index in [4.69, 9.17) is 39.4 Å². The van der Waals surface area contributed by atoms with E-state index in [1.54, 1.807) is 12.1 Å². The second-order valence-electron chi connectivity index (χ2n) is 4.47. The summed E-state index contributed by atoms with van der Waals surface area (Å²) in [6, 6.07) is 2.57. The molecule has 1 heterocycles. The number of hydrogen-bond donors (Lipinski definition) is 2. The highest BCUT2D eigenvalue weighted by Crippen LogP contribution is 2.15. The van der Waals surface area contributed by atoms with Crippen molar-refractivity contribution >= 4 is 54.0 Å². The first kappa shape index (κ1) is 24.0. The molecule has 128 valence electrons. The van der Waals surface area contributed by atoms with Gasteiger partial charge in [-0.1, -0.05) is 36.0 Å². The van der Waals surface area contributed by atoms with Crippen LogP contribution in [-0.2, 0) is 16.1 Å². The van der Waals surface area contributed by atoms with Crippen molar-refractivity contribution in [3.8, 4) is 0 Å². The van der Waals surface area contributed by atoms with E-state index in [0.717, 1.165) is 19.3 Å². The van der Waals surface area contributed by atoms with Gasteiger partial charge in [0.2, 0.25) is 0 Å². The maximum Gasteiger partial charge on any atom is 0.323 e. The van der Waals surface area contributed by atoms with Gasteiger partial charge < -0.3 is 16.2 Å². The Bertz CT molecular complexity index is 429. The molecule has 5 nitrogen and oxygen atoms in total. The summed E-state index contributed by atoms with van der Waals surface area (Å²) in [7, 11) is 0. The Morgan fingerprint density at radius 3 is 2.32 bits per heavy atom. The number of ether oxygens (including phenoxy) is 1. The molecule has 0 saturated carbocycles. The molecule has 0 aromatic carbocycles. The van der Waals surface area contributed by atoms with Gasteiger partial charge in [0.15, 0.2) is 0 Å². The van der Waals surface area contributed by atoms with Crippen molar-refractivity contribution in [2.24, 2.45) is 11.5 Å². The van der Waals surface area contributed by atoms with Gasteiger partial charge in [-0.15, -0.1) is 24.8 Å². The number of unbranched alkanes of at least 4 members (excludes halogenated alkanes) is 2. The van der Waals surface area contributed by atoms with Crippen LogP contribution in [0.2, 0.25) is 10.3 Å². The quantitative estimate of drug-likeness (QED) is 0.402. The Morgan fingerprint density at radius 2 is 1.77 bits per heavy atom. The van der Waals surface area contributed by atoms with Gasteiger partial charge in [-0.2, -0.15) is 0 Å². The molecule has 1 rings (SSSR count). The normalized spacial score (nSPS) is 11.1. The number of nitrogens with two attached hydrogens (primary N) is 2. The van der Waals surface area contributed by atoms with Crippen LogP contribution in [0.25, 0.3) is 0 Å². The molecule has 0 aliphatic heterocycles. The second-order valence-corrected chi connectivity index (χ2v) is 5.25. The average molecular weight is 393 g/mol. The molecule has 22 heavy (non-hydrogen) atoms. The van der Waals surface area contributed by atoms with Crippen molar-refractivity contribution in [3.63, 3.8) is 0 Å². The first-order valence-corrected chi connectivity index (χ1v) is 7.22. The number of pyridine rings is 1. The first-order chi connectivity index (χ1) is 9.52. The number of carbonyl (C=O) groups excluding carboxylic acids is 1. The summed E-state index contributed by atoms with van der Waals surface area (Å²) in [5.74, 6) is -0.429. The summed E-state index contributed by atoms with van der Waals surface area (Å²) >= 11 is 11.5. The lowest BCUT2D eigenvalue weighted by Gasteiger charge is -2.11. The molecule has 0 fully saturated rings. The minimum absolute atomic E-state index is 0. The molecular weight excluding hydrogens is 372 g/mol. The summed E-state index contributed by atoms with van der Waals surface area (Å²) in [4.78, 5) is 15.5. The predicted molar refractivity (Wildman–Crippen MR) is 94.0 cm³/mol. The summed E-state index contributed by atoms with van der Waals surface area (Å²) in [5.41, 5.74) is 11.8. The lowest BCUT2D eigenvalue weighted by atomic mass is 10.1. The van der Waals surface area contributed by atoms with E-state index in [-0.39, 0.29) is 41.7 Å². The zero-order chi connectivity index (χ0) is 15.0. The van der Waals surface area contributed by atoms with Crippen LogP contribution >= 0.6 is 48.0 Å². The number of rotatable bonds is 8. The molecule has 0 amide bonds. The van der Waals surface area contributed by atoms with Crippen molar-refractivity contribution in [2.45, 2.75) is 38.3 Å². The van der Waals surface area contributed by atoms with Crippen LogP contribution < -0.4 is 11.5 Å². The lowest BCUT2D eigenvalue weighted by molar-refractivity contribution is -0.146. The molecule has 0 unspecified atom stereocenters. The molecule has 0 radical (unpaired) electrons. The molecule has 1 aromatic heterocycles. The van der Waals surface area contributed by atoms with Crippen LogP contribution in [-0.4, -0.2) is 23.5 Å². The van der Waals surface area contributed by atoms with E-state index in [9.17, 15) is 4.79 Å². The van der Waals surface area contributed by atoms with Crippen LogP contribution in [0.3, 0.4) is 0 Å². The molecule has 0 spiro atoms. The number of nitrogens with zero attached hydrogens (tertiary/aromatic N) is 1. The molecule has 0 aliphatic rings. The van der Waals surface area contributed by atoms with Crippen molar-refractivity contribution in [3.05, 3.63) is 28.0 Å². The van der Waals surface area contributed by atoms with Crippen molar-refractivity contribution < 1.29 is 9.53 Å². The topological polar surface area (TPSA) is 91.2 Å². The molecule has 4 N–H and O–H groups in total. The monoisotopic (exact) mass is 391 g/mol. The lowest BCUT2D eigenvalue weighted by Crippen LogP contribution is -2.32. The number of carbonyl (C=O) groups is 1. The third kappa shape index (κ3) is 9.66. The van der Waals surface area contributed by atoms with Crippen LogP contribution in [0.1, 0.15) is 31.2 Å². The first-order valence-electron chi connectivity index (χ1n) is 6.47. The van der Waals surface area contributed by atoms with E-state index < -0.39 is 12.0 Å². The summed E-state index contributed by atoms with van der Waals surface area (Å²) in [6.07, 6.45) is 3.36. The van der Waals surface area contributed by atoms with Gasteiger partial charge in [-0.3, -0.25) is 4.79 Å². The number of aromatic nitrogens is 1. The van der Waals surface area contributed by atoms with Crippen molar-refractivity contribution in [1.82, 2.24) is 4.98 Å². The fraction of sp³-hybridized carbons (Fsp3) is 0.538. The number of hydrogen-bond acceptors (Lipinski definition) is 5. The average Bonchev–Trinajstić information content (AvgIpc) is 2.39. The van der Waals surface area contributed by atoms with E-state index in [1.807, 2.05) is 0 Å². The van der Waals surface area contributed by atoms with Gasteiger partial charge in [0.1, 0.15) is 23.0 Å². The number of esters is 1. The molecule has 1 atom stereocenters. The smallest absolute Gasteiger partial charge is 0.323 e. The van der Waals surface area contributed by atoms with Crippen molar-refractivity contribution in [1.29, 1.82) is 0 Å². The Hall–Kier alpha value is -0.300. The molecule has 0 aliphatic carbocycles. The second kappa shape index (κ2) is 13.2. The van der Waals surface area contributed by atoms with E-state index >= 15 is 0 Å². The van der Waals surface area contributed by atoms with E-state index in [1.165, 1.54) is 0 Å². The maximum absolute atomic E-state index is 11.7. The molecular formula is C13H21Cl4N3O2. The fourth-order valence-corrected chi connectivity index (χ4v) is 2.17. The van der Waals surface area contributed by atoms with E-state index in [2.05, 4.69) is 4.98 Å². The van der Waals surface area contributed by atoms with Crippen molar-refractivity contribution in [2.75, 3.05) is 6.54 Å². The minimum atomic E-state index is -0.611. The van der Waals surface area contributed by atoms with Crippen LogP contribution in [0.4, 0.5) is 0 Å². The minimum Gasteiger partial charge on any atom is -0.460 e. The Morgan fingerprint density at radius 1 is 1.18 bits per heavy atom. The summed E-state index contributed by atoms with van der Waals surface area (Å²) < 4.78 is 5.12. The summed E-state index contributed by atoms with van der Waals surface area (Å²) in [6.45, 7) is 0.737. The Kier molecular flexibility index (Phi) is 14.3. The highest BCUT2D eigenvalue weighted by molar-refractivity contribution is 6.32. The van der Waals surface area contributed by atoms with Gasteiger partial charge in [-0.25, -0.2) is 4.98 Å². The van der Waals surface area contributed by atoms with Crippen LogP contribution in [0.15, 0.2) is 12.1 Å². The van der Waals surface area contributed by atoms with Gasteiger partial charge in [0, 0.05) is 0 Å². The largest absolute Gasteiger partial charge is 0.460 e. The van der Waals surface area contributed by atoms with E-state index in [0.29, 0.717) is 18.5 Å². The summed E-state index contributed by atoms with van der Waals surface area (Å²) in [5, 5.41) is 0.518.